The number of amides is 1. The first-order valence-electron chi connectivity index (χ1n) is 8.06. The van der Waals surface area contributed by atoms with E-state index in [4.69, 9.17) is 9.84 Å². The van der Waals surface area contributed by atoms with Crippen LogP contribution in [0.25, 0.3) is 0 Å². The van der Waals surface area contributed by atoms with Crippen molar-refractivity contribution in [1.82, 2.24) is 4.90 Å². The highest BCUT2D eigenvalue weighted by Crippen LogP contribution is 2.24. The molecule has 0 spiro atoms. The number of anilines is 2. The van der Waals surface area contributed by atoms with Crippen LogP contribution in [0.4, 0.5) is 11.4 Å². The smallest absolute Gasteiger partial charge is 0.305 e. The van der Waals surface area contributed by atoms with Crippen molar-refractivity contribution in [3.8, 4) is 5.75 Å². The van der Waals surface area contributed by atoms with Gasteiger partial charge in [-0.3, -0.25) is 9.59 Å². The normalized spacial score (nSPS) is 10.2. The number of carbonyl (C=O) groups excluding carboxylic acids is 1. The Bertz CT molecular complexity index is 728. The molecular formula is C19H22N2O4. The van der Waals surface area contributed by atoms with Gasteiger partial charge in [-0.05, 0) is 43.3 Å². The molecule has 0 atom stereocenters. The Hall–Kier alpha value is -3.02. The molecule has 0 saturated carbocycles. The SMILES string of the molecule is CCN(CCC(=O)O)C(=O)c1ccccc1Nc1ccc(OC)cc1. The summed E-state index contributed by atoms with van der Waals surface area (Å²) in [5, 5.41) is 12.1. The number of ether oxygens (including phenoxy) is 1. The van der Waals surface area contributed by atoms with Crippen LogP contribution in [0, 0.1) is 0 Å². The number of methoxy groups -OCH3 is 1. The largest absolute Gasteiger partial charge is 0.497 e. The average Bonchev–Trinajstić information content (AvgIpc) is 2.63. The summed E-state index contributed by atoms with van der Waals surface area (Å²) in [4.78, 5) is 25.1. The molecule has 0 heterocycles. The van der Waals surface area contributed by atoms with Crippen LogP contribution in [-0.2, 0) is 4.79 Å². The summed E-state index contributed by atoms with van der Waals surface area (Å²) in [6, 6.07) is 14.6. The summed E-state index contributed by atoms with van der Waals surface area (Å²) in [6.45, 7) is 2.46. The lowest BCUT2D eigenvalue weighted by Gasteiger charge is -2.22. The topological polar surface area (TPSA) is 78.9 Å². The highest BCUT2D eigenvalue weighted by atomic mass is 16.5. The second kappa shape index (κ2) is 8.73. The van der Waals surface area contributed by atoms with Crippen LogP contribution in [0.2, 0.25) is 0 Å². The van der Waals surface area contributed by atoms with Gasteiger partial charge < -0.3 is 20.1 Å². The van der Waals surface area contributed by atoms with Crippen LogP contribution in [0.3, 0.4) is 0 Å². The van der Waals surface area contributed by atoms with Gasteiger partial charge in [0.15, 0.2) is 0 Å². The molecule has 2 rings (SSSR count). The predicted molar refractivity (Wildman–Crippen MR) is 96.5 cm³/mol. The minimum absolute atomic E-state index is 0.0757. The van der Waals surface area contributed by atoms with E-state index in [9.17, 15) is 9.59 Å². The Labute approximate surface area is 147 Å². The third-order valence-electron chi connectivity index (χ3n) is 3.79. The molecule has 132 valence electrons. The van der Waals surface area contributed by atoms with E-state index in [1.807, 2.05) is 43.3 Å². The quantitative estimate of drug-likeness (QED) is 0.769. The van der Waals surface area contributed by atoms with E-state index < -0.39 is 5.97 Å². The van der Waals surface area contributed by atoms with E-state index in [1.165, 1.54) is 4.90 Å². The van der Waals surface area contributed by atoms with Gasteiger partial charge in [-0.1, -0.05) is 12.1 Å². The molecule has 0 aliphatic heterocycles. The Kier molecular flexibility index (Phi) is 6.39. The molecule has 2 aromatic rings. The zero-order chi connectivity index (χ0) is 18.2. The lowest BCUT2D eigenvalue weighted by Crippen LogP contribution is -2.33. The highest BCUT2D eigenvalue weighted by molar-refractivity contribution is 6.00. The fourth-order valence-electron chi connectivity index (χ4n) is 2.41. The summed E-state index contributed by atoms with van der Waals surface area (Å²) in [6.07, 6.45) is -0.0757. The molecule has 0 unspecified atom stereocenters. The molecule has 6 nitrogen and oxygen atoms in total. The van der Waals surface area contributed by atoms with Gasteiger partial charge in [-0.15, -0.1) is 0 Å². The number of carboxylic acids is 1. The molecule has 0 radical (unpaired) electrons. The lowest BCUT2D eigenvalue weighted by molar-refractivity contribution is -0.137. The maximum Gasteiger partial charge on any atom is 0.305 e. The van der Waals surface area contributed by atoms with Crippen LogP contribution in [0.15, 0.2) is 48.5 Å². The van der Waals surface area contributed by atoms with Gasteiger partial charge in [-0.25, -0.2) is 0 Å². The number of hydrogen-bond donors (Lipinski definition) is 2. The van der Waals surface area contributed by atoms with Gasteiger partial charge >= 0.3 is 5.97 Å². The predicted octanol–water partition coefficient (Wildman–Crippen LogP) is 3.38. The van der Waals surface area contributed by atoms with E-state index >= 15 is 0 Å². The van der Waals surface area contributed by atoms with Crippen molar-refractivity contribution < 1.29 is 19.4 Å². The van der Waals surface area contributed by atoms with Gasteiger partial charge in [0.25, 0.3) is 5.91 Å². The fourth-order valence-corrected chi connectivity index (χ4v) is 2.41. The Morgan fingerprint density at radius 2 is 1.80 bits per heavy atom. The molecule has 0 aliphatic carbocycles. The number of para-hydroxylation sites is 1. The van der Waals surface area contributed by atoms with Crippen LogP contribution < -0.4 is 10.1 Å². The van der Waals surface area contributed by atoms with Crippen molar-refractivity contribution in [2.45, 2.75) is 13.3 Å². The molecule has 6 heteroatoms. The zero-order valence-corrected chi connectivity index (χ0v) is 14.4. The molecule has 0 aliphatic rings. The third kappa shape index (κ3) is 4.97. The molecule has 0 fully saturated rings. The third-order valence-corrected chi connectivity index (χ3v) is 3.79. The minimum atomic E-state index is -0.920. The summed E-state index contributed by atoms with van der Waals surface area (Å²) < 4.78 is 5.14. The Balaban J connectivity index is 2.20. The number of carboxylic acid groups (broad SMARTS) is 1. The fraction of sp³-hybridized carbons (Fsp3) is 0.263. The summed E-state index contributed by atoms with van der Waals surface area (Å²) in [5.74, 6) is -0.364. The van der Waals surface area contributed by atoms with Crippen molar-refractivity contribution >= 4 is 23.3 Å². The summed E-state index contributed by atoms with van der Waals surface area (Å²) in [5.41, 5.74) is 2.01. The van der Waals surface area contributed by atoms with Crippen molar-refractivity contribution in [2.75, 3.05) is 25.5 Å². The first kappa shape index (κ1) is 18.3. The van der Waals surface area contributed by atoms with E-state index in [0.717, 1.165) is 11.4 Å². The van der Waals surface area contributed by atoms with E-state index in [0.29, 0.717) is 17.8 Å². The van der Waals surface area contributed by atoms with Crippen LogP contribution >= 0.6 is 0 Å². The zero-order valence-electron chi connectivity index (χ0n) is 14.4. The second-order valence-corrected chi connectivity index (χ2v) is 5.43. The molecule has 2 N–H and O–H groups in total. The van der Waals surface area contributed by atoms with E-state index in [2.05, 4.69) is 5.32 Å². The van der Waals surface area contributed by atoms with Crippen LogP contribution in [0.5, 0.6) is 5.75 Å². The standard InChI is InChI=1S/C19H22N2O4/c1-3-21(13-12-18(22)23)19(24)16-6-4-5-7-17(16)20-14-8-10-15(25-2)11-9-14/h4-11,20H,3,12-13H2,1-2H3,(H,22,23). The number of rotatable bonds is 8. The minimum Gasteiger partial charge on any atom is -0.497 e. The molecule has 25 heavy (non-hydrogen) atoms. The Morgan fingerprint density at radius 1 is 1.12 bits per heavy atom. The van der Waals surface area contributed by atoms with Crippen LogP contribution in [0.1, 0.15) is 23.7 Å². The average molecular weight is 342 g/mol. The maximum atomic E-state index is 12.8. The van der Waals surface area contributed by atoms with Crippen molar-refractivity contribution in [1.29, 1.82) is 0 Å². The van der Waals surface area contributed by atoms with Crippen LogP contribution in [-0.4, -0.2) is 42.1 Å². The first-order chi connectivity index (χ1) is 12.0. The van der Waals surface area contributed by atoms with E-state index in [1.54, 1.807) is 19.2 Å². The first-order valence-corrected chi connectivity index (χ1v) is 8.06. The number of nitrogens with one attached hydrogen (secondary N) is 1. The highest BCUT2D eigenvalue weighted by Gasteiger charge is 2.18. The lowest BCUT2D eigenvalue weighted by atomic mass is 10.1. The molecular weight excluding hydrogens is 320 g/mol. The summed E-state index contributed by atoms with van der Waals surface area (Å²) in [7, 11) is 1.60. The Morgan fingerprint density at radius 3 is 2.40 bits per heavy atom. The second-order valence-electron chi connectivity index (χ2n) is 5.43. The van der Waals surface area contributed by atoms with Gasteiger partial charge in [-0.2, -0.15) is 0 Å². The monoisotopic (exact) mass is 342 g/mol. The molecule has 0 aromatic heterocycles. The van der Waals surface area contributed by atoms with Gasteiger partial charge in [0, 0.05) is 18.8 Å². The summed E-state index contributed by atoms with van der Waals surface area (Å²) >= 11 is 0. The number of carbonyl (C=O) groups is 2. The van der Waals surface area contributed by atoms with Gasteiger partial charge in [0.05, 0.1) is 24.8 Å². The molecule has 0 bridgehead atoms. The number of benzene rings is 2. The van der Waals surface area contributed by atoms with Gasteiger partial charge in [0.2, 0.25) is 0 Å². The van der Waals surface area contributed by atoms with Crippen molar-refractivity contribution in [3.05, 3.63) is 54.1 Å². The molecule has 2 aromatic carbocycles. The number of aliphatic carboxylic acids is 1. The van der Waals surface area contributed by atoms with Crippen molar-refractivity contribution in [2.24, 2.45) is 0 Å². The number of nitrogens with zero attached hydrogens (tertiary/aromatic N) is 1. The molecule has 0 saturated heterocycles. The van der Waals surface area contributed by atoms with E-state index in [-0.39, 0.29) is 18.9 Å². The maximum absolute atomic E-state index is 12.8. The van der Waals surface area contributed by atoms with Crippen molar-refractivity contribution in [3.63, 3.8) is 0 Å². The number of hydrogen-bond acceptors (Lipinski definition) is 4. The van der Waals surface area contributed by atoms with Gasteiger partial charge in [0.1, 0.15) is 5.75 Å². The molecule has 1 amide bonds.